The van der Waals surface area contributed by atoms with Crippen molar-refractivity contribution in [2.45, 2.75) is 30.0 Å². The average molecular weight is 847 g/mol. The van der Waals surface area contributed by atoms with Gasteiger partial charge in [-0.2, -0.15) is 13.2 Å². The smallest absolute Gasteiger partial charge is 0.416 e. The Morgan fingerprint density at radius 1 is 0.569 bits per heavy atom. The molecule has 9 aromatic carbocycles. The van der Waals surface area contributed by atoms with Crippen molar-refractivity contribution in [2.24, 2.45) is 0 Å². The maximum atomic E-state index is 14.3. The van der Waals surface area contributed by atoms with E-state index in [9.17, 15) is 13.2 Å². The van der Waals surface area contributed by atoms with Crippen LogP contribution in [0.3, 0.4) is 0 Å². The number of allylic oxidation sites excluding steroid dienone is 2. The van der Waals surface area contributed by atoms with Gasteiger partial charge in [0, 0.05) is 39.1 Å². The van der Waals surface area contributed by atoms with Gasteiger partial charge in [-0.25, -0.2) is 0 Å². The van der Waals surface area contributed by atoms with E-state index >= 15 is 0 Å². The topological polar surface area (TPSA) is 19.6 Å². The summed E-state index contributed by atoms with van der Waals surface area (Å²) >= 11 is 0. The molecule has 0 radical (unpaired) electrons. The number of anilines is 5. The van der Waals surface area contributed by atoms with Crippen LogP contribution in [-0.4, -0.2) is 5.54 Å². The monoisotopic (exact) mass is 846 g/mol. The number of nitrogens with zero attached hydrogens (tertiary/aromatic N) is 2. The average Bonchev–Trinajstić information content (AvgIpc) is 3.95. The SMILES string of the molecule is CC12C3=CC=CC1c1ccccc1N2c1ccccc1C31c2ccc3ccccc3c2-c2c1cc(N(c1ccc(C(F)(F)F)cc1)c1cccc3c1oc1ccccc13)c1ccccc21. The summed E-state index contributed by atoms with van der Waals surface area (Å²) in [4.78, 5) is 4.70. The number of para-hydroxylation sites is 4. The number of fused-ring (bicyclic) bond motifs is 19. The minimum Gasteiger partial charge on any atom is -0.454 e. The molecule has 65 heavy (non-hydrogen) atoms. The van der Waals surface area contributed by atoms with E-state index in [-0.39, 0.29) is 5.92 Å². The molecule has 10 aromatic rings. The number of benzene rings is 9. The van der Waals surface area contributed by atoms with Crippen LogP contribution in [0.1, 0.15) is 40.7 Å². The van der Waals surface area contributed by atoms with Crippen LogP contribution in [0.5, 0.6) is 0 Å². The summed E-state index contributed by atoms with van der Waals surface area (Å²) in [6.07, 6.45) is 2.50. The molecule has 4 aliphatic rings. The predicted molar refractivity (Wildman–Crippen MR) is 257 cm³/mol. The second kappa shape index (κ2) is 12.7. The summed E-state index contributed by atoms with van der Waals surface area (Å²) in [6.45, 7) is 2.42. The first kappa shape index (κ1) is 36.6. The number of hydrogen-bond donors (Lipinski definition) is 0. The fourth-order valence-electron chi connectivity index (χ4n) is 12.5. The third kappa shape index (κ3) is 4.56. The molecule has 2 aliphatic carbocycles. The molecule has 310 valence electrons. The Labute approximate surface area is 372 Å². The summed E-state index contributed by atoms with van der Waals surface area (Å²) in [5.41, 5.74) is 12.4. The van der Waals surface area contributed by atoms with Crippen LogP contribution in [0, 0.1) is 0 Å². The Morgan fingerprint density at radius 2 is 1.25 bits per heavy atom. The van der Waals surface area contributed by atoms with Crippen LogP contribution >= 0.6 is 0 Å². The lowest BCUT2D eigenvalue weighted by molar-refractivity contribution is -0.137. The van der Waals surface area contributed by atoms with Crippen molar-refractivity contribution in [1.29, 1.82) is 0 Å². The van der Waals surface area contributed by atoms with E-state index in [4.69, 9.17) is 4.42 Å². The standard InChI is InChI=1S/C59H37F3N2O/c1-57-44-22-13-27-53(57)58(45-21-8-10-24-49(45)64(57)48-23-9-6-19-43(44)48)46-33-28-35-14-2-3-15-38(35)54(46)55-41-18-5-4-16-39(41)51(34-47(55)58)63(37-31-29-36(30-32-37)59(60,61)62)50-25-12-20-42-40-17-7-11-26-52(40)65-56(42)50/h2-34,44H,1H3. The Morgan fingerprint density at radius 3 is 2.08 bits per heavy atom. The largest absolute Gasteiger partial charge is 0.454 e. The van der Waals surface area contributed by atoms with Gasteiger partial charge in [0.1, 0.15) is 5.58 Å². The van der Waals surface area contributed by atoms with Crippen LogP contribution in [0.25, 0.3) is 54.6 Å². The summed E-state index contributed by atoms with van der Waals surface area (Å²) < 4.78 is 49.6. The third-order valence-corrected chi connectivity index (χ3v) is 15.0. The molecule has 0 amide bonds. The molecule has 0 bridgehead atoms. The first-order chi connectivity index (χ1) is 31.8. The molecule has 6 heteroatoms. The fourth-order valence-corrected chi connectivity index (χ4v) is 12.5. The van der Waals surface area contributed by atoms with Crippen molar-refractivity contribution in [2.75, 3.05) is 9.80 Å². The minimum absolute atomic E-state index is 0.0751. The van der Waals surface area contributed by atoms with Gasteiger partial charge < -0.3 is 14.2 Å². The molecule has 3 unspecified atom stereocenters. The van der Waals surface area contributed by atoms with E-state index in [1.54, 1.807) is 12.1 Å². The summed E-state index contributed by atoms with van der Waals surface area (Å²) in [7, 11) is 0. The number of halogens is 3. The lowest BCUT2D eigenvalue weighted by Crippen LogP contribution is -2.56. The van der Waals surface area contributed by atoms with Crippen molar-refractivity contribution in [1.82, 2.24) is 0 Å². The molecule has 1 aromatic heterocycles. The van der Waals surface area contributed by atoms with Crippen LogP contribution in [0.2, 0.25) is 0 Å². The van der Waals surface area contributed by atoms with Gasteiger partial charge in [0.2, 0.25) is 0 Å². The van der Waals surface area contributed by atoms with Crippen LogP contribution in [0.4, 0.5) is 41.6 Å². The van der Waals surface area contributed by atoms with Gasteiger partial charge in [0.05, 0.1) is 27.9 Å². The van der Waals surface area contributed by atoms with E-state index in [0.29, 0.717) is 11.3 Å². The Hall–Kier alpha value is -7.83. The van der Waals surface area contributed by atoms with E-state index < -0.39 is 22.7 Å². The molecule has 0 saturated heterocycles. The molecule has 2 aliphatic heterocycles. The highest BCUT2D eigenvalue weighted by atomic mass is 19.4. The Bertz CT molecular complexity index is 3770. The molecule has 3 nitrogen and oxygen atoms in total. The Balaban J connectivity index is 1.16. The summed E-state index contributed by atoms with van der Waals surface area (Å²) in [6, 6.07) is 61.6. The third-order valence-electron chi connectivity index (χ3n) is 15.0. The van der Waals surface area contributed by atoms with Gasteiger partial charge in [-0.15, -0.1) is 0 Å². The van der Waals surface area contributed by atoms with Gasteiger partial charge in [-0.3, -0.25) is 0 Å². The Kier molecular flexibility index (Phi) is 7.14. The number of rotatable bonds is 3. The lowest BCUT2D eigenvalue weighted by atomic mass is 9.55. The molecule has 0 saturated carbocycles. The number of furan rings is 1. The van der Waals surface area contributed by atoms with E-state index in [1.807, 2.05) is 30.3 Å². The van der Waals surface area contributed by atoms with Crippen LogP contribution in [0.15, 0.2) is 210 Å². The van der Waals surface area contributed by atoms with E-state index in [2.05, 4.69) is 162 Å². The molecule has 1 spiro atoms. The first-order valence-electron chi connectivity index (χ1n) is 22.1. The van der Waals surface area contributed by atoms with Crippen molar-refractivity contribution in [3.05, 3.63) is 234 Å². The van der Waals surface area contributed by atoms with Gasteiger partial charge in [0.25, 0.3) is 0 Å². The van der Waals surface area contributed by atoms with Crippen molar-refractivity contribution >= 4 is 71.9 Å². The first-order valence-corrected chi connectivity index (χ1v) is 22.1. The zero-order valence-electron chi connectivity index (χ0n) is 35.1. The van der Waals surface area contributed by atoms with Crippen molar-refractivity contribution < 1.29 is 17.6 Å². The van der Waals surface area contributed by atoms with E-state index in [1.165, 1.54) is 56.6 Å². The molecule has 14 rings (SSSR count). The van der Waals surface area contributed by atoms with Crippen molar-refractivity contribution in [3.8, 4) is 11.1 Å². The zero-order valence-corrected chi connectivity index (χ0v) is 35.1. The second-order valence-electron chi connectivity index (χ2n) is 18.0. The van der Waals surface area contributed by atoms with Gasteiger partial charge in [-0.05, 0) is 117 Å². The van der Waals surface area contributed by atoms with Gasteiger partial charge >= 0.3 is 6.18 Å². The fraction of sp³-hybridized carbons (Fsp3) is 0.0847. The van der Waals surface area contributed by atoms with Crippen LogP contribution in [-0.2, 0) is 11.6 Å². The maximum Gasteiger partial charge on any atom is 0.416 e. The second-order valence-corrected chi connectivity index (χ2v) is 18.0. The van der Waals surface area contributed by atoms with Crippen molar-refractivity contribution in [3.63, 3.8) is 0 Å². The molecule has 3 heterocycles. The molecule has 3 atom stereocenters. The molecule has 0 N–H and O–H groups in total. The van der Waals surface area contributed by atoms with E-state index in [0.717, 1.165) is 55.1 Å². The lowest BCUT2D eigenvalue weighted by Gasteiger charge is -2.56. The quantitative estimate of drug-likeness (QED) is 0.177. The predicted octanol–water partition coefficient (Wildman–Crippen LogP) is 16.2. The molecular formula is C59H37F3N2O. The molecule has 0 fully saturated rings. The normalized spacial score (nSPS) is 20.0. The highest BCUT2D eigenvalue weighted by Crippen LogP contribution is 2.71. The summed E-state index contributed by atoms with van der Waals surface area (Å²) in [5.74, 6) is 0.0751. The maximum absolute atomic E-state index is 14.3. The summed E-state index contributed by atoms with van der Waals surface area (Å²) in [5, 5.41) is 6.26. The van der Waals surface area contributed by atoms with Gasteiger partial charge in [-0.1, -0.05) is 146 Å². The number of hydrogen-bond acceptors (Lipinski definition) is 3. The highest BCUT2D eigenvalue weighted by Gasteiger charge is 2.64. The minimum atomic E-state index is -4.50. The van der Waals surface area contributed by atoms with Gasteiger partial charge in [0.15, 0.2) is 5.58 Å². The number of alkyl halides is 3. The van der Waals surface area contributed by atoms with Crippen LogP contribution < -0.4 is 9.80 Å². The molecular weight excluding hydrogens is 810 g/mol. The highest BCUT2D eigenvalue weighted by molar-refractivity contribution is 6.18. The zero-order chi connectivity index (χ0) is 43.4.